The van der Waals surface area contributed by atoms with Crippen molar-refractivity contribution in [3.8, 4) is 0 Å². The van der Waals surface area contributed by atoms with Crippen LogP contribution in [0.2, 0.25) is 0 Å². The first kappa shape index (κ1) is 15.9. The summed E-state index contributed by atoms with van der Waals surface area (Å²) in [6.07, 6.45) is 0. The first-order valence-electron chi connectivity index (χ1n) is 0.167. The van der Waals surface area contributed by atoms with Crippen molar-refractivity contribution >= 4 is 74.6 Å². The van der Waals surface area contributed by atoms with Gasteiger partial charge in [0.05, 0.1) is 0 Å². The van der Waals surface area contributed by atoms with Crippen LogP contribution in [0.4, 0.5) is 0 Å². The predicted octanol–water partition coefficient (Wildman–Crippen LogP) is -2.06. The molecule has 0 spiro atoms. The molecule has 4 heavy (non-hydrogen) atoms. The number of hydrogen-bond acceptors (Lipinski definition) is 0. The molecule has 4 heteroatoms. The Morgan fingerprint density at radius 3 is 0.750 bits per heavy atom. The fourth-order valence-corrected chi connectivity index (χ4v) is 0. The Morgan fingerprint density at radius 1 is 0.750 bits per heavy atom. The molecule has 0 amide bonds. The van der Waals surface area contributed by atoms with Gasteiger partial charge in [0.2, 0.25) is 0 Å². The van der Waals surface area contributed by atoms with E-state index in [1.807, 2.05) is 36.9 Å². The second kappa shape index (κ2) is 17.1. The Morgan fingerprint density at radius 2 is 0.750 bits per heavy atom. The third kappa shape index (κ3) is 8.84. The first-order valence-corrected chi connectivity index (χ1v) is 7.50. The van der Waals surface area contributed by atoms with Gasteiger partial charge in [0, 0.05) is 0 Å². The van der Waals surface area contributed by atoms with Gasteiger partial charge in [-0.1, -0.05) is 0 Å². The van der Waals surface area contributed by atoms with Crippen molar-refractivity contribution in [2.45, 2.75) is 0 Å². The SMILES string of the molecule is [LiH].[LiH].[Te][Te]. The van der Waals surface area contributed by atoms with Gasteiger partial charge in [-0.05, 0) is 0 Å². The molecule has 0 N–H and O–H groups in total. The third-order valence-corrected chi connectivity index (χ3v) is 0. The zero-order chi connectivity index (χ0) is 2.00. The molecule has 0 nitrogen and oxygen atoms in total. The molecule has 0 rings (SSSR count). The monoisotopic (exact) mass is 276 g/mol. The maximum atomic E-state index is 1.96. The van der Waals surface area contributed by atoms with E-state index < -0.39 is 0 Å². The van der Waals surface area contributed by atoms with Gasteiger partial charge in [-0.2, -0.15) is 0 Å². The Hall–Kier alpha value is 2.77. The van der Waals surface area contributed by atoms with Gasteiger partial charge in [0.25, 0.3) is 0 Å². The molecule has 0 saturated heterocycles. The average Bonchev–Trinajstić information content (AvgIpc) is 1.00. The van der Waals surface area contributed by atoms with Gasteiger partial charge >= 0.3 is 74.6 Å². The summed E-state index contributed by atoms with van der Waals surface area (Å²) in [6.45, 7) is 0. The topological polar surface area (TPSA) is 0 Å². The molecule has 16 valence electrons. The molecule has 0 aliphatic rings. The van der Waals surface area contributed by atoms with Gasteiger partial charge in [-0.15, -0.1) is 0 Å². The minimum absolute atomic E-state index is 0. The molecule has 0 bridgehead atoms. The van der Waals surface area contributed by atoms with Crippen molar-refractivity contribution in [2.75, 3.05) is 0 Å². The van der Waals surface area contributed by atoms with Gasteiger partial charge in [-0.3, -0.25) is 0 Å². The van der Waals surface area contributed by atoms with Crippen molar-refractivity contribution < 1.29 is 0 Å². The fraction of sp³-hybridized carbons (Fsp3) is 0. The molecule has 2 radical (unpaired) electrons. The molecular formula is H2Li2Te2. The summed E-state index contributed by atoms with van der Waals surface area (Å²) in [5.74, 6) is 0. The molecular weight excluding hydrogens is 269 g/mol. The van der Waals surface area contributed by atoms with Crippen LogP contribution < -0.4 is 0 Å². The molecule has 0 fully saturated rings. The number of rotatable bonds is 0. The summed E-state index contributed by atoms with van der Waals surface area (Å²) in [5.41, 5.74) is 0. The quantitative estimate of drug-likeness (QED) is 0.445. The van der Waals surface area contributed by atoms with Crippen LogP contribution in [0.1, 0.15) is 0 Å². The van der Waals surface area contributed by atoms with Crippen LogP contribution in [0.25, 0.3) is 0 Å². The maximum absolute atomic E-state index is 1.96. The molecule has 0 aromatic carbocycles. The summed E-state index contributed by atoms with van der Waals surface area (Å²) in [7, 11) is 0. The van der Waals surface area contributed by atoms with Crippen LogP contribution in [0, 0.1) is 0 Å². The minimum atomic E-state index is 0. The molecule has 0 aromatic heterocycles. The van der Waals surface area contributed by atoms with E-state index in [0.717, 1.165) is 0 Å². The summed E-state index contributed by atoms with van der Waals surface area (Å²) in [5, 5.41) is 0. The third-order valence-electron chi connectivity index (χ3n) is 0. The average molecular weight is 271 g/mol. The molecule has 0 atom stereocenters. The van der Waals surface area contributed by atoms with E-state index in [-0.39, 0.29) is 37.7 Å². The Kier molecular flexibility index (Phi) is 67.8. The van der Waals surface area contributed by atoms with E-state index in [4.69, 9.17) is 0 Å². The van der Waals surface area contributed by atoms with Gasteiger partial charge in [0.15, 0.2) is 0 Å². The van der Waals surface area contributed by atoms with Gasteiger partial charge in [-0.25, -0.2) is 0 Å². The van der Waals surface area contributed by atoms with Gasteiger partial charge < -0.3 is 0 Å². The Balaban J connectivity index is -0.00000000500. The van der Waals surface area contributed by atoms with Crippen LogP contribution in [0.5, 0.6) is 0 Å². The van der Waals surface area contributed by atoms with Crippen molar-refractivity contribution in [1.82, 2.24) is 0 Å². The standard InChI is InChI=1S/2Li.Te2.2H/c;;1-2;;. The summed E-state index contributed by atoms with van der Waals surface area (Å²) in [4.78, 5) is 0. The predicted molar refractivity (Wildman–Crippen MR) is 25.8 cm³/mol. The van der Waals surface area contributed by atoms with Crippen molar-refractivity contribution in [3.63, 3.8) is 0 Å². The second-order valence-electron chi connectivity index (χ2n) is 0. The van der Waals surface area contributed by atoms with Gasteiger partial charge in [0.1, 0.15) is 0 Å². The van der Waals surface area contributed by atoms with Crippen molar-refractivity contribution in [3.05, 3.63) is 0 Å². The van der Waals surface area contributed by atoms with E-state index in [9.17, 15) is 0 Å². The van der Waals surface area contributed by atoms with Crippen LogP contribution in [0.15, 0.2) is 0 Å². The van der Waals surface area contributed by atoms with E-state index in [1.165, 1.54) is 0 Å². The van der Waals surface area contributed by atoms with Crippen molar-refractivity contribution in [1.29, 1.82) is 0 Å². The first-order chi connectivity index (χ1) is 1.00. The molecule has 0 unspecified atom stereocenters. The summed E-state index contributed by atoms with van der Waals surface area (Å²) < 4.78 is 0. The zero-order valence-electron chi connectivity index (χ0n) is 0.816. The number of hydrogen-bond donors (Lipinski definition) is 0. The molecule has 0 aliphatic heterocycles. The van der Waals surface area contributed by atoms with Crippen LogP contribution in [0.3, 0.4) is 0 Å². The summed E-state index contributed by atoms with van der Waals surface area (Å²) in [6, 6.07) is 0. The zero-order valence-corrected chi connectivity index (χ0v) is 5.48. The van der Waals surface area contributed by atoms with Crippen LogP contribution in [-0.4, -0.2) is 74.6 Å². The summed E-state index contributed by atoms with van der Waals surface area (Å²) >= 11 is 3.92. The van der Waals surface area contributed by atoms with Crippen LogP contribution >= 0.6 is 0 Å². The Bertz CT molecular complexity index is 4.00. The second-order valence-corrected chi connectivity index (χ2v) is 0. The fourth-order valence-electron chi connectivity index (χ4n) is 0. The van der Waals surface area contributed by atoms with Crippen molar-refractivity contribution in [2.24, 2.45) is 0 Å². The molecule has 0 saturated carbocycles. The van der Waals surface area contributed by atoms with Crippen LogP contribution in [-0.2, 0) is 0 Å². The molecule has 0 aromatic rings. The van der Waals surface area contributed by atoms with E-state index in [2.05, 4.69) is 0 Å². The van der Waals surface area contributed by atoms with E-state index in [1.54, 1.807) is 0 Å². The van der Waals surface area contributed by atoms with E-state index in [0.29, 0.717) is 0 Å². The Labute approximate surface area is 73.2 Å². The molecule has 0 aliphatic carbocycles. The normalized spacial score (nSPS) is 1.50. The van der Waals surface area contributed by atoms with E-state index >= 15 is 0 Å². The molecule has 0 heterocycles.